The SMILES string of the molecule is CNS(=O)(=O)CCC[N+]12CCN(CC1)CC2. The van der Waals surface area contributed by atoms with Crippen LogP contribution in [0.3, 0.4) is 0 Å². The summed E-state index contributed by atoms with van der Waals surface area (Å²) in [7, 11) is -1.53. The standard InChI is InChI=1S/C10H22N3O2S/c1-11-16(14,15)10-2-6-13-7-3-12(4-8-13)5-9-13/h11H,2-10H2,1H3/q+1. The zero-order valence-electron chi connectivity index (χ0n) is 9.98. The number of sulfonamides is 1. The monoisotopic (exact) mass is 248 g/mol. The van der Waals surface area contributed by atoms with Gasteiger partial charge < -0.3 is 4.48 Å². The molecule has 0 aliphatic carbocycles. The average molecular weight is 248 g/mol. The van der Waals surface area contributed by atoms with Gasteiger partial charge in [0.1, 0.15) is 0 Å². The van der Waals surface area contributed by atoms with Gasteiger partial charge in [0.2, 0.25) is 10.0 Å². The predicted octanol–water partition coefficient (Wildman–Crippen LogP) is -0.928. The largest absolute Gasteiger partial charge is 0.320 e. The van der Waals surface area contributed by atoms with Gasteiger partial charge in [-0.3, -0.25) is 4.90 Å². The van der Waals surface area contributed by atoms with E-state index in [9.17, 15) is 8.42 Å². The quantitative estimate of drug-likeness (QED) is 0.640. The molecule has 3 fully saturated rings. The molecule has 0 aromatic rings. The second kappa shape index (κ2) is 4.60. The fourth-order valence-electron chi connectivity index (χ4n) is 2.76. The average Bonchev–Trinajstić information content (AvgIpc) is 2.31. The molecule has 0 aromatic carbocycles. The Morgan fingerprint density at radius 2 is 1.75 bits per heavy atom. The smallest absolute Gasteiger partial charge is 0.211 e. The van der Waals surface area contributed by atoms with Gasteiger partial charge in [0.25, 0.3) is 0 Å². The van der Waals surface area contributed by atoms with Gasteiger partial charge in [0.05, 0.1) is 31.9 Å². The molecule has 0 amide bonds. The van der Waals surface area contributed by atoms with E-state index < -0.39 is 10.0 Å². The van der Waals surface area contributed by atoms with Crippen LogP contribution in [0, 0.1) is 0 Å². The van der Waals surface area contributed by atoms with Crippen LogP contribution in [-0.2, 0) is 10.0 Å². The molecule has 6 heteroatoms. The molecular weight excluding hydrogens is 226 g/mol. The third-order valence-electron chi connectivity index (χ3n) is 4.03. The number of hydrogen-bond acceptors (Lipinski definition) is 3. The molecule has 1 N–H and O–H groups in total. The van der Waals surface area contributed by atoms with E-state index >= 15 is 0 Å². The first-order valence-corrected chi connectivity index (χ1v) is 7.69. The topological polar surface area (TPSA) is 49.4 Å². The van der Waals surface area contributed by atoms with E-state index in [-0.39, 0.29) is 5.75 Å². The van der Waals surface area contributed by atoms with Crippen LogP contribution in [0.4, 0.5) is 0 Å². The maximum atomic E-state index is 11.3. The molecule has 3 rings (SSSR count). The number of nitrogens with zero attached hydrogens (tertiary/aromatic N) is 2. The van der Waals surface area contributed by atoms with Crippen molar-refractivity contribution in [1.82, 2.24) is 9.62 Å². The van der Waals surface area contributed by atoms with Crippen LogP contribution in [0.5, 0.6) is 0 Å². The molecule has 5 nitrogen and oxygen atoms in total. The van der Waals surface area contributed by atoms with Gasteiger partial charge >= 0.3 is 0 Å². The Morgan fingerprint density at radius 3 is 2.25 bits per heavy atom. The lowest BCUT2D eigenvalue weighted by Crippen LogP contribution is -2.67. The first-order valence-electron chi connectivity index (χ1n) is 6.04. The highest BCUT2D eigenvalue weighted by molar-refractivity contribution is 7.89. The zero-order valence-corrected chi connectivity index (χ0v) is 10.8. The Hall–Kier alpha value is -0.170. The summed E-state index contributed by atoms with van der Waals surface area (Å²) < 4.78 is 26.2. The van der Waals surface area contributed by atoms with E-state index in [1.165, 1.54) is 46.3 Å². The molecule has 0 aromatic heterocycles. The van der Waals surface area contributed by atoms with Gasteiger partial charge in [-0.15, -0.1) is 0 Å². The molecule has 16 heavy (non-hydrogen) atoms. The van der Waals surface area contributed by atoms with Crippen molar-refractivity contribution in [2.75, 3.05) is 58.6 Å². The molecule has 94 valence electrons. The Morgan fingerprint density at radius 1 is 1.19 bits per heavy atom. The summed E-state index contributed by atoms with van der Waals surface area (Å²) >= 11 is 0. The lowest BCUT2D eigenvalue weighted by Gasteiger charge is -2.50. The van der Waals surface area contributed by atoms with Crippen LogP contribution in [0.2, 0.25) is 0 Å². The predicted molar refractivity (Wildman–Crippen MR) is 63.6 cm³/mol. The van der Waals surface area contributed by atoms with Crippen LogP contribution in [0.25, 0.3) is 0 Å². The van der Waals surface area contributed by atoms with Crippen molar-refractivity contribution >= 4 is 10.0 Å². The highest BCUT2D eigenvalue weighted by Gasteiger charge is 2.37. The minimum Gasteiger partial charge on any atom is -0.320 e. The molecule has 0 unspecified atom stereocenters. The van der Waals surface area contributed by atoms with Crippen LogP contribution in [0.15, 0.2) is 0 Å². The molecule has 3 heterocycles. The first kappa shape index (κ1) is 12.3. The van der Waals surface area contributed by atoms with Gasteiger partial charge in [-0.1, -0.05) is 0 Å². The maximum absolute atomic E-state index is 11.3. The molecule has 3 saturated heterocycles. The molecule has 0 atom stereocenters. The molecule has 3 aliphatic heterocycles. The van der Waals surface area contributed by atoms with E-state index in [0.29, 0.717) is 0 Å². The zero-order chi connectivity index (χ0) is 11.6. The van der Waals surface area contributed by atoms with E-state index in [0.717, 1.165) is 17.4 Å². The van der Waals surface area contributed by atoms with E-state index in [1.54, 1.807) is 0 Å². The van der Waals surface area contributed by atoms with E-state index in [2.05, 4.69) is 9.62 Å². The van der Waals surface area contributed by atoms with Gasteiger partial charge in [-0.2, -0.15) is 0 Å². The fourth-order valence-corrected chi connectivity index (χ4v) is 3.47. The molecule has 0 saturated carbocycles. The summed E-state index contributed by atoms with van der Waals surface area (Å²) in [5, 5.41) is 0. The van der Waals surface area contributed by atoms with Gasteiger partial charge in [-0.25, -0.2) is 13.1 Å². The highest BCUT2D eigenvalue weighted by atomic mass is 32.2. The minimum atomic E-state index is -3.01. The summed E-state index contributed by atoms with van der Waals surface area (Å²) in [6.07, 6.45) is 0.781. The number of piperazine rings is 3. The lowest BCUT2D eigenvalue weighted by molar-refractivity contribution is -0.940. The lowest BCUT2D eigenvalue weighted by atomic mass is 10.1. The fraction of sp³-hybridized carbons (Fsp3) is 1.00. The Labute approximate surface area is 98.1 Å². The van der Waals surface area contributed by atoms with Crippen molar-refractivity contribution in [3.8, 4) is 0 Å². The summed E-state index contributed by atoms with van der Waals surface area (Å²) in [6.45, 7) is 8.23. The second-order valence-corrected chi connectivity index (χ2v) is 7.00. The number of rotatable bonds is 5. The first-order chi connectivity index (χ1) is 7.55. The summed E-state index contributed by atoms with van der Waals surface area (Å²) in [6, 6.07) is 0. The number of fused-ring (bicyclic) bond motifs is 3. The third kappa shape index (κ3) is 2.74. The van der Waals surface area contributed by atoms with Crippen LogP contribution in [-0.4, -0.2) is 76.4 Å². The molecule has 0 spiro atoms. The molecule has 3 aliphatic rings. The van der Waals surface area contributed by atoms with Gasteiger partial charge in [0.15, 0.2) is 0 Å². The van der Waals surface area contributed by atoms with Crippen molar-refractivity contribution in [1.29, 1.82) is 0 Å². The number of nitrogens with one attached hydrogen (secondary N) is 1. The van der Waals surface area contributed by atoms with E-state index in [1.807, 2.05) is 0 Å². The van der Waals surface area contributed by atoms with Crippen molar-refractivity contribution in [2.24, 2.45) is 0 Å². The molecular formula is C10H22N3O2S+. The molecule has 0 radical (unpaired) electrons. The third-order valence-corrected chi connectivity index (χ3v) is 5.48. The molecule has 2 bridgehead atoms. The summed E-state index contributed by atoms with van der Waals surface area (Å²) in [5.41, 5.74) is 0. The maximum Gasteiger partial charge on any atom is 0.211 e. The normalized spacial score (nSPS) is 34.2. The minimum absolute atomic E-state index is 0.271. The van der Waals surface area contributed by atoms with Gasteiger partial charge in [-0.05, 0) is 7.05 Å². The Balaban J connectivity index is 1.81. The van der Waals surface area contributed by atoms with Gasteiger partial charge in [0, 0.05) is 26.1 Å². The second-order valence-electron chi connectivity index (χ2n) is 4.95. The van der Waals surface area contributed by atoms with Crippen LogP contribution >= 0.6 is 0 Å². The van der Waals surface area contributed by atoms with Crippen LogP contribution in [0.1, 0.15) is 6.42 Å². The van der Waals surface area contributed by atoms with E-state index in [4.69, 9.17) is 0 Å². The number of quaternary nitrogens is 1. The van der Waals surface area contributed by atoms with Crippen molar-refractivity contribution in [2.45, 2.75) is 6.42 Å². The Bertz CT molecular complexity index is 320. The van der Waals surface area contributed by atoms with Crippen molar-refractivity contribution in [3.63, 3.8) is 0 Å². The summed E-state index contributed by atoms with van der Waals surface area (Å²) in [4.78, 5) is 2.50. The Kier molecular flexibility index (Phi) is 3.53. The summed E-state index contributed by atoms with van der Waals surface area (Å²) in [5.74, 6) is 0.271. The number of hydrogen-bond donors (Lipinski definition) is 1. The van der Waals surface area contributed by atoms with Crippen molar-refractivity contribution in [3.05, 3.63) is 0 Å². The highest BCUT2D eigenvalue weighted by Crippen LogP contribution is 2.19. The van der Waals surface area contributed by atoms with Crippen LogP contribution < -0.4 is 4.72 Å². The van der Waals surface area contributed by atoms with Crippen molar-refractivity contribution < 1.29 is 12.9 Å².